The molecule has 108 valence electrons. The van der Waals surface area contributed by atoms with Crippen LogP contribution in [0.15, 0.2) is 11.1 Å². The van der Waals surface area contributed by atoms with E-state index in [9.17, 15) is 8.42 Å². The number of H-pyrrole nitrogens is 1. The first kappa shape index (κ1) is 14.5. The number of nitrogens with zero attached hydrogens (tertiary/aromatic N) is 2. The van der Waals surface area contributed by atoms with Gasteiger partial charge in [0.2, 0.25) is 10.0 Å². The largest absolute Gasteiger partial charge is 0.330 e. The summed E-state index contributed by atoms with van der Waals surface area (Å²) < 4.78 is 26.7. The van der Waals surface area contributed by atoms with Crippen molar-refractivity contribution in [1.29, 1.82) is 0 Å². The summed E-state index contributed by atoms with van der Waals surface area (Å²) in [7, 11) is -1.83. The molecule has 7 heteroatoms. The first-order chi connectivity index (χ1) is 8.98. The highest BCUT2D eigenvalue weighted by Crippen LogP contribution is 2.30. The second kappa shape index (κ2) is 5.60. The molecule has 0 aliphatic heterocycles. The SMILES string of the molecule is Cc1[nH]ncc1S(=O)(=O)N(C)C1CCCCC1CN. The average Bonchev–Trinajstić information content (AvgIpc) is 2.84. The Bertz CT molecular complexity index is 526. The van der Waals surface area contributed by atoms with Crippen molar-refractivity contribution in [3.8, 4) is 0 Å². The normalized spacial score (nSPS) is 24.8. The van der Waals surface area contributed by atoms with E-state index in [1.54, 1.807) is 14.0 Å². The fourth-order valence-corrected chi connectivity index (χ4v) is 4.44. The molecule has 0 spiro atoms. The van der Waals surface area contributed by atoms with Crippen LogP contribution in [0.25, 0.3) is 0 Å². The van der Waals surface area contributed by atoms with Gasteiger partial charge in [0.25, 0.3) is 0 Å². The Morgan fingerprint density at radius 1 is 1.47 bits per heavy atom. The van der Waals surface area contributed by atoms with Crippen molar-refractivity contribution in [3.63, 3.8) is 0 Å². The van der Waals surface area contributed by atoms with Gasteiger partial charge in [0, 0.05) is 13.1 Å². The molecule has 0 aromatic carbocycles. The Kier molecular flexibility index (Phi) is 4.27. The molecule has 1 aliphatic carbocycles. The van der Waals surface area contributed by atoms with E-state index in [-0.39, 0.29) is 16.9 Å². The number of rotatable bonds is 4. The lowest BCUT2D eigenvalue weighted by Gasteiger charge is -2.36. The lowest BCUT2D eigenvalue weighted by Crippen LogP contribution is -2.45. The molecule has 0 saturated heterocycles. The Balaban J connectivity index is 2.27. The Hall–Kier alpha value is -0.920. The van der Waals surface area contributed by atoms with Gasteiger partial charge in [-0.2, -0.15) is 9.40 Å². The summed E-state index contributed by atoms with van der Waals surface area (Å²) in [6.07, 6.45) is 5.46. The molecule has 2 unspecified atom stereocenters. The predicted octanol–water partition coefficient (Wildman–Crippen LogP) is 0.856. The molecule has 1 heterocycles. The number of nitrogens with two attached hydrogens (primary N) is 1. The summed E-state index contributed by atoms with van der Waals surface area (Å²) in [4.78, 5) is 0.261. The van der Waals surface area contributed by atoms with Crippen LogP contribution in [0.4, 0.5) is 0 Å². The van der Waals surface area contributed by atoms with Crippen molar-refractivity contribution in [2.75, 3.05) is 13.6 Å². The van der Waals surface area contributed by atoms with E-state index >= 15 is 0 Å². The zero-order valence-corrected chi connectivity index (χ0v) is 12.3. The van der Waals surface area contributed by atoms with Crippen LogP contribution in [0.3, 0.4) is 0 Å². The summed E-state index contributed by atoms with van der Waals surface area (Å²) in [6.45, 7) is 2.25. The maximum atomic E-state index is 12.6. The molecular weight excluding hydrogens is 264 g/mol. The summed E-state index contributed by atoms with van der Waals surface area (Å²) in [6, 6.07) is -0.00181. The van der Waals surface area contributed by atoms with Gasteiger partial charge >= 0.3 is 0 Å². The zero-order chi connectivity index (χ0) is 14.0. The van der Waals surface area contributed by atoms with Crippen molar-refractivity contribution >= 4 is 10.0 Å². The number of aromatic nitrogens is 2. The smallest absolute Gasteiger partial charge is 0.246 e. The van der Waals surface area contributed by atoms with Gasteiger partial charge in [-0.15, -0.1) is 0 Å². The minimum atomic E-state index is -3.48. The van der Waals surface area contributed by atoms with E-state index in [1.165, 1.54) is 10.5 Å². The molecule has 1 aromatic rings. The topological polar surface area (TPSA) is 92.1 Å². The number of sulfonamides is 1. The van der Waals surface area contributed by atoms with Gasteiger partial charge in [-0.3, -0.25) is 5.10 Å². The van der Waals surface area contributed by atoms with Gasteiger partial charge in [-0.1, -0.05) is 12.8 Å². The molecule has 0 amide bonds. The molecule has 2 rings (SSSR count). The van der Waals surface area contributed by atoms with Crippen LogP contribution in [0.2, 0.25) is 0 Å². The highest BCUT2D eigenvalue weighted by molar-refractivity contribution is 7.89. The quantitative estimate of drug-likeness (QED) is 0.858. The van der Waals surface area contributed by atoms with Gasteiger partial charge in [-0.25, -0.2) is 8.42 Å². The number of aryl methyl sites for hydroxylation is 1. The third-order valence-corrected chi connectivity index (χ3v) is 6.08. The van der Waals surface area contributed by atoms with Gasteiger partial charge < -0.3 is 5.73 Å². The third-order valence-electron chi connectivity index (χ3n) is 4.08. The monoisotopic (exact) mass is 286 g/mol. The van der Waals surface area contributed by atoms with Crippen LogP contribution in [-0.2, 0) is 10.0 Å². The van der Waals surface area contributed by atoms with E-state index in [0.717, 1.165) is 25.7 Å². The Morgan fingerprint density at radius 3 is 2.74 bits per heavy atom. The lowest BCUT2D eigenvalue weighted by atomic mass is 9.85. The predicted molar refractivity (Wildman–Crippen MR) is 73.1 cm³/mol. The molecule has 6 nitrogen and oxygen atoms in total. The van der Waals surface area contributed by atoms with Crippen LogP contribution in [0.5, 0.6) is 0 Å². The molecule has 2 atom stereocenters. The van der Waals surface area contributed by atoms with Gasteiger partial charge in [0.15, 0.2) is 0 Å². The molecule has 0 bridgehead atoms. The molecule has 1 aliphatic rings. The molecule has 1 fully saturated rings. The average molecular weight is 286 g/mol. The van der Waals surface area contributed by atoms with Crippen molar-refractivity contribution < 1.29 is 8.42 Å². The molecule has 19 heavy (non-hydrogen) atoms. The van der Waals surface area contributed by atoms with E-state index in [0.29, 0.717) is 12.2 Å². The molecule has 1 aromatic heterocycles. The van der Waals surface area contributed by atoms with E-state index in [4.69, 9.17) is 5.73 Å². The van der Waals surface area contributed by atoms with Crippen LogP contribution >= 0.6 is 0 Å². The van der Waals surface area contributed by atoms with Gasteiger partial charge in [-0.05, 0) is 32.2 Å². The number of hydrogen-bond donors (Lipinski definition) is 2. The van der Waals surface area contributed by atoms with Crippen LogP contribution < -0.4 is 5.73 Å². The minimum Gasteiger partial charge on any atom is -0.330 e. The van der Waals surface area contributed by atoms with Crippen LogP contribution in [0, 0.1) is 12.8 Å². The highest BCUT2D eigenvalue weighted by Gasteiger charge is 2.35. The second-order valence-corrected chi connectivity index (χ2v) is 7.19. The summed E-state index contributed by atoms with van der Waals surface area (Å²) in [5.41, 5.74) is 6.36. The van der Waals surface area contributed by atoms with Crippen LogP contribution in [-0.4, -0.2) is 42.6 Å². The highest BCUT2D eigenvalue weighted by atomic mass is 32.2. The standard InChI is InChI=1S/C12H22N4O2S/c1-9-12(8-14-15-9)19(17,18)16(2)11-6-4-3-5-10(11)7-13/h8,10-11H,3-7,13H2,1-2H3,(H,14,15). The maximum Gasteiger partial charge on any atom is 0.246 e. The van der Waals surface area contributed by atoms with Crippen molar-refractivity contribution in [1.82, 2.24) is 14.5 Å². The molecular formula is C12H22N4O2S. The van der Waals surface area contributed by atoms with Crippen LogP contribution in [0.1, 0.15) is 31.4 Å². The number of nitrogens with one attached hydrogen (secondary N) is 1. The zero-order valence-electron chi connectivity index (χ0n) is 11.5. The van der Waals surface area contributed by atoms with Crippen molar-refractivity contribution in [2.45, 2.75) is 43.5 Å². The van der Waals surface area contributed by atoms with Gasteiger partial charge in [0.1, 0.15) is 4.90 Å². The maximum absolute atomic E-state index is 12.6. The fourth-order valence-electron chi connectivity index (χ4n) is 2.87. The minimum absolute atomic E-state index is 0.00181. The van der Waals surface area contributed by atoms with Gasteiger partial charge in [0.05, 0.1) is 11.9 Å². The van der Waals surface area contributed by atoms with Crippen molar-refractivity contribution in [3.05, 3.63) is 11.9 Å². The Labute approximate surface area is 114 Å². The van der Waals surface area contributed by atoms with E-state index in [1.807, 2.05) is 0 Å². The first-order valence-corrected chi connectivity index (χ1v) is 8.10. The van der Waals surface area contributed by atoms with E-state index in [2.05, 4.69) is 10.2 Å². The number of aromatic amines is 1. The first-order valence-electron chi connectivity index (χ1n) is 6.66. The summed E-state index contributed by atoms with van der Waals surface area (Å²) in [5, 5.41) is 6.48. The third kappa shape index (κ3) is 2.68. The lowest BCUT2D eigenvalue weighted by molar-refractivity contribution is 0.204. The summed E-state index contributed by atoms with van der Waals surface area (Å²) >= 11 is 0. The molecule has 0 radical (unpaired) electrons. The molecule has 3 N–H and O–H groups in total. The van der Waals surface area contributed by atoms with Crippen molar-refractivity contribution in [2.24, 2.45) is 11.7 Å². The Morgan fingerprint density at radius 2 is 2.16 bits per heavy atom. The fraction of sp³-hybridized carbons (Fsp3) is 0.750. The van der Waals surface area contributed by atoms with E-state index < -0.39 is 10.0 Å². The summed E-state index contributed by atoms with van der Waals surface area (Å²) in [5.74, 6) is 0.251. The second-order valence-electron chi connectivity index (χ2n) is 5.23. The molecule has 1 saturated carbocycles. The number of hydrogen-bond acceptors (Lipinski definition) is 4.